The molecule has 0 aromatic heterocycles. The Kier molecular flexibility index (Phi) is 21.2. The largest absolute Gasteiger partial charge is 0.324 e. The van der Waals surface area contributed by atoms with Gasteiger partial charge in [0.15, 0.2) is 0 Å². The Hall–Kier alpha value is -1.86. The normalized spacial score (nSPS) is 11.8. The van der Waals surface area contributed by atoms with Crippen molar-refractivity contribution in [2.75, 3.05) is 0 Å². The maximum absolute atomic E-state index is 7.08. The average Bonchev–Trinajstić information content (AvgIpc) is 2.88. The molecule has 0 amide bonds. The van der Waals surface area contributed by atoms with Crippen molar-refractivity contribution in [1.29, 1.82) is 0 Å². The van der Waals surface area contributed by atoms with Gasteiger partial charge in [-0.1, -0.05) is 145 Å². The summed E-state index contributed by atoms with van der Waals surface area (Å²) in [5.74, 6) is 0.998. The number of nitrogens with two attached hydrogens (primary N) is 1. The summed E-state index contributed by atoms with van der Waals surface area (Å²) in [4.78, 5) is 0. The Balaban J connectivity index is 0. The van der Waals surface area contributed by atoms with Gasteiger partial charge in [0.2, 0.25) is 0 Å². The third-order valence-electron chi connectivity index (χ3n) is 6.34. The van der Waals surface area contributed by atoms with Gasteiger partial charge in [-0.05, 0) is 83.2 Å². The van der Waals surface area contributed by atoms with E-state index in [-0.39, 0.29) is 11.5 Å². The van der Waals surface area contributed by atoms with Crippen LogP contribution in [0.5, 0.6) is 0 Å². The topological polar surface area (TPSA) is 26.0 Å². The standard InChI is InChI=1S/C30H45N.C3H8.2C2H6/c1-9-10-11-12-15-23-16-13-19-27(30(6,7)8)29(23)28(31)20-26-24(21(2)3)17-14-18-25(26)22(4)5;1-3-2;2*1-2/h9-10,13-14,16-19,21-22,28H,11-12,15,20,31H2,1-8H3;3H2,1-2H3;2*1-2H3/b10-9-;;;. The number of rotatable bonds is 9. The predicted molar refractivity (Wildman–Crippen MR) is 177 cm³/mol. The summed E-state index contributed by atoms with van der Waals surface area (Å²) in [5, 5.41) is 0. The molecule has 0 saturated heterocycles. The van der Waals surface area contributed by atoms with Gasteiger partial charge in [0.1, 0.15) is 0 Å². The van der Waals surface area contributed by atoms with Gasteiger partial charge in [-0.25, -0.2) is 0 Å². The molecule has 0 aliphatic rings. The molecule has 2 rings (SSSR count). The van der Waals surface area contributed by atoms with Crippen LogP contribution in [-0.4, -0.2) is 0 Å². The Labute approximate surface area is 239 Å². The molecule has 1 unspecified atom stereocenters. The molecular formula is C37H65N. The van der Waals surface area contributed by atoms with Crippen molar-refractivity contribution in [3.05, 3.63) is 81.9 Å². The van der Waals surface area contributed by atoms with Crippen LogP contribution in [0.25, 0.3) is 0 Å². The SMILES string of the molecule is C/C=C\CCCc1cccc(C(C)(C)C)c1C(N)Cc1c(C(C)C)cccc1C(C)C.CC.CC.CCC. The van der Waals surface area contributed by atoms with E-state index in [2.05, 4.69) is 118 Å². The summed E-state index contributed by atoms with van der Waals surface area (Å²) in [6.07, 6.45) is 9.93. The van der Waals surface area contributed by atoms with E-state index < -0.39 is 0 Å². The number of unbranched alkanes of at least 4 members (excludes halogenated alkanes) is 1. The van der Waals surface area contributed by atoms with Gasteiger partial charge in [-0.15, -0.1) is 0 Å². The fourth-order valence-corrected chi connectivity index (χ4v) is 4.76. The lowest BCUT2D eigenvalue weighted by atomic mass is 9.77. The van der Waals surface area contributed by atoms with Gasteiger partial charge < -0.3 is 5.73 Å². The van der Waals surface area contributed by atoms with E-state index in [1.165, 1.54) is 39.8 Å². The Bertz CT molecular complexity index is 854. The first-order chi connectivity index (χ1) is 18.0. The van der Waals surface area contributed by atoms with Gasteiger partial charge in [0.25, 0.3) is 0 Å². The van der Waals surface area contributed by atoms with E-state index in [1.807, 2.05) is 27.7 Å². The minimum Gasteiger partial charge on any atom is -0.324 e. The summed E-state index contributed by atoms with van der Waals surface area (Å²) in [5.41, 5.74) is 15.7. The average molecular weight is 524 g/mol. The summed E-state index contributed by atoms with van der Waals surface area (Å²) < 4.78 is 0. The smallest absolute Gasteiger partial charge is 0.0341 e. The molecule has 0 fully saturated rings. The highest BCUT2D eigenvalue weighted by molar-refractivity contribution is 5.45. The van der Waals surface area contributed by atoms with Crippen LogP contribution in [0.2, 0.25) is 0 Å². The monoisotopic (exact) mass is 524 g/mol. The van der Waals surface area contributed by atoms with Crippen molar-refractivity contribution < 1.29 is 0 Å². The first-order valence-corrected chi connectivity index (χ1v) is 15.6. The molecule has 0 spiro atoms. The zero-order chi connectivity index (χ0) is 29.9. The molecule has 0 aliphatic heterocycles. The fraction of sp³-hybridized carbons (Fsp3) is 0.622. The highest BCUT2D eigenvalue weighted by Gasteiger charge is 2.25. The predicted octanol–water partition coefficient (Wildman–Crippen LogP) is 11.8. The molecule has 2 aromatic carbocycles. The van der Waals surface area contributed by atoms with E-state index in [9.17, 15) is 0 Å². The fourth-order valence-electron chi connectivity index (χ4n) is 4.76. The number of aryl methyl sites for hydroxylation is 1. The second kappa shape index (κ2) is 21.0. The molecule has 218 valence electrons. The maximum atomic E-state index is 7.08. The lowest BCUT2D eigenvalue weighted by Gasteiger charge is -2.30. The van der Waals surface area contributed by atoms with Gasteiger partial charge in [-0.3, -0.25) is 0 Å². The van der Waals surface area contributed by atoms with E-state index >= 15 is 0 Å². The lowest BCUT2D eigenvalue weighted by Crippen LogP contribution is -2.24. The van der Waals surface area contributed by atoms with Crippen LogP contribution in [-0.2, 0) is 18.3 Å². The molecule has 38 heavy (non-hydrogen) atoms. The molecular weight excluding hydrogens is 458 g/mol. The molecule has 0 bridgehead atoms. The van der Waals surface area contributed by atoms with Crippen LogP contribution in [0.3, 0.4) is 0 Å². The molecule has 0 aliphatic carbocycles. The Morgan fingerprint density at radius 1 is 0.816 bits per heavy atom. The van der Waals surface area contributed by atoms with Crippen LogP contribution in [0.15, 0.2) is 48.6 Å². The van der Waals surface area contributed by atoms with Gasteiger partial charge in [0.05, 0.1) is 0 Å². The highest BCUT2D eigenvalue weighted by atomic mass is 14.6. The van der Waals surface area contributed by atoms with Gasteiger partial charge >= 0.3 is 0 Å². The minimum atomic E-state index is 0.00421. The third kappa shape index (κ3) is 12.8. The highest BCUT2D eigenvalue weighted by Crippen LogP contribution is 2.36. The zero-order valence-electron chi connectivity index (χ0n) is 28.0. The molecule has 0 heterocycles. The van der Waals surface area contributed by atoms with Gasteiger partial charge in [-0.2, -0.15) is 0 Å². The summed E-state index contributed by atoms with van der Waals surface area (Å²) in [7, 11) is 0. The zero-order valence-corrected chi connectivity index (χ0v) is 28.0. The molecule has 2 aromatic rings. The first-order valence-electron chi connectivity index (χ1n) is 15.6. The third-order valence-corrected chi connectivity index (χ3v) is 6.34. The molecule has 0 radical (unpaired) electrons. The summed E-state index contributed by atoms with van der Waals surface area (Å²) in [6.45, 7) is 30.5. The minimum absolute atomic E-state index is 0.00421. The second-order valence-corrected chi connectivity index (χ2v) is 11.3. The van der Waals surface area contributed by atoms with Crippen LogP contribution in [0, 0.1) is 0 Å². The molecule has 0 saturated carbocycles. The maximum Gasteiger partial charge on any atom is 0.0341 e. The van der Waals surface area contributed by atoms with Crippen LogP contribution in [0.4, 0.5) is 0 Å². The number of hydrogen-bond acceptors (Lipinski definition) is 1. The molecule has 1 nitrogen and oxygen atoms in total. The molecule has 2 N–H and O–H groups in total. The van der Waals surface area contributed by atoms with Crippen LogP contribution >= 0.6 is 0 Å². The number of allylic oxidation sites excluding steroid dienone is 2. The quantitative estimate of drug-likeness (QED) is 0.257. The Morgan fingerprint density at radius 3 is 1.71 bits per heavy atom. The summed E-state index contributed by atoms with van der Waals surface area (Å²) >= 11 is 0. The lowest BCUT2D eigenvalue weighted by molar-refractivity contribution is 0.563. The van der Waals surface area contributed by atoms with E-state index in [0.29, 0.717) is 11.8 Å². The molecule has 1 heteroatoms. The van der Waals surface area contributed by atoms with Crippen molar-refractivity contribution in [2.45, 2.75) is 152 Å². The van der Waals surface area contributed by atoms with E-state index in [0.717, 1.165) is 25.7 Å². The van der Waals surface area contributed by atoms with Crippen molar-refractivity contribution in [3.8, 4) is 0 Å². The van der Waals surface area contributed by atoms with Gasteiger partial charge in [0, 0.05) is 6.04 Å². The van der Waals surface area contributed by atoms with Crippen molar-refractivity contribution in [2.24, 2.45) is 5.73 Å². The van der Waals surface area contributed by atoms with Crippen LogP contribution < -0.4 is 5.73 Å². The van der Waals surface area contributed by atoms with E-state index in [4.69, 9.17) is 5.73 Å². The van der Waals surface area contributed by atoms with E-state index in [1.54, 1.807) is 0 Å². The second-order valence-electron chi connectivity index (χ2n) is 11.3. The number of benzene rings is 2. The Morgan fingerprint density at radius 2 is 1.29 bits per heavy atom. The van der Waals surface area contributed by atoms with Crippen molar-refractivity contribution >= 4 is 0 Å². The number of hydrogen-bond donors (Lipinski definition) is 1. The van der Waals surface area contributed by atoms with Crippen molar-refractivity contribution in [1.82, 2.24) is 0 Å². The molecule has 1 atom stereocenters. The first kappa shape index (κ1) is 38.3. The van der Waals surface area contributed by atoms with Crippen molar-refractivity contribution in [3.63, 3.8) is 0 Å². The van der Waals surface area contributed by atoms with Crippen LogP contribution in [0.1, 0.15) is 167 Å². The summed E-state index contributed by atoms with van der Waals surface area (Å²) in [6, 6.07) is 13.6.